The van der Waals surface area contributed by atoms with Gasteiger partial charge in [0.15, 0.2) is 0 Å². The largest absolute Gasteiger partial charge is 0.301 e. The summed E-state index contributed by atoms with van der Waals surface area (Å²) in [5.74, 6) is 1.85. The third-order valence-electron chi connectivity index (χ3n) is 4.07. The zero-order valence-corrected chi connectivity index (χ0v) is 11.3. The molecule has 0 heterocycles. The molecule has 0 amide bonds. The van der Waals surface area contributed by atoms with Gasteiger partial charge in [0.25, 0.3) is 0 Å². The van der Waals surface area contributed by atoms with E-state index in [1.807, 2.05) is 0 Å². The summed E-state index contributed by atoms with van der Waals surface area (Å²) in [6.45, 7) is 9.32. The predicted octanol–water partition coefficient (Wildman–Crippen LogP) is 3.93. The van der Waals surface area contributed by atoms with Crippen molar-refractivity contribution >= 4 is 0 Å². The van der Waals surface area contributed by atoms with Crippen molar-refractivity contribution in [1.29, 1.82) is 0 Å². The normalized spacial score (nSPS) is 20.0. The Kier molecular flexibility index (Phi) is 5.11. The third-order valence-corrected chi connectivity index (χ3v) is 4.07. The van der Waals surface area contributed by atoms with E-state index in [0.717, 1.165) is 17.9 Å². The highest BCUT2D eigenvalue weighted by Crippen LogP contribution is 2.35. The molecule has 1 rings (SSSR count). The maximum absolute atomic E-state index is 2.60. The quantitative estimate of drug-likeness (QED) is 0.643. The van der Waals surface area contributed by atoms with Gasteiger partial charge in [0.05, 0.1) is 0 Å². The predicted molar refractivity (Wildman–Crippen MR) is 68.1 cm³/mol. The maximum atomic E-state index is 2.60. The summed E-state index contributed by atoms with van der Waals surface area (Å²) < 4.78 is 0. The van der Waals surface area contributed by atoms with Crippen molar-refractivity contribution in [1.82, 2.24) is 4.90 Å². The first-order valence-electron chi connectivity index (χ1n) is 6.74. The second-order valence-electron chi connectivity index (χ2n) is 5.99. The average molecular weight is 211 g/mol. The van der Waals surface area contributed by atoms with Crippen LogP contribution in [0.15, 0.2) is 0 Å². The van der Waals surface area contributed by atoms with Crippen LogP contribution in [-0.4, -0.2) is 24.0 Å². The lowest BCUT2D eigenvalue weighted by molar-refractivity contribution is 0.0832. The topological polar surface area (TPSA) is 3.24 Å². The number of nitrogens with zero attached hydrogens (tertiary/aromatic N) is 1. The summed E-state index contributed by atoms with van der Waals surface area (Å²) in [6, 6.07) is 1.55. The van der Waals surface area contributed by atoms with Crippen molar-refractivity contribution < 1.29 is 0 Å². The van der Waals surface area contributed by atoms with E-state index in [-0.39, 0.29) is 0 Å². The first kappa shape index (κ1) is 13.0. The van der Waals surface area contributed by atoms with Crippen LogP contribution in [-0.2, 0) is 0 Å². The standard InChI is InChI=1S/C14H29N/c1-11(2)9-10-14(13-7-6-8-13)15(5)12(3)4/h11-14H,6-10H2,1-5H3/t14-/m1/s1. The molecule has 0 aromatic carbocycles. The van der Waals surface area contributed by atoms with Gasteiger partial charge in [-0.1, -0.05) is 20.3 Å². The van der Waals surface area contributed by atoms with Crippen molar-refractivity contribution in [3.63, 3.8) is 0 Å². The zero-order valence-electron chi connectivity index (χ0n) is 11.3. The summed E-state index contributed by atoms with van der Waals surface area (Å²) in [4.78, 5) is 2.60. The van der Waals surface area contributed by atoms with Crippen LogP contribution < -0.4 is 0 Å². The first-order chi connectivity index (χ1) is 7.02. The Balaban J connectivity index is 2.44. The molecular weight excluding hydrogens is 182 g/mol. The Morgan fingerprint density at radius 3 is 2.00 bits per heavy atom. The van der Waals surface area contributed by atoms with Crippen molar-refractivity contribution in [3.05, 3.63) is 0 Å². The summed E-state index contributed by atoms with van der Waals surface area (Å²) in [5.41, 5.74) is 0. The van der Waals surface area contributed by atoms with Gasteiger partial charge in [-0.15, -0.1) is 0 Å². The van der Waals surface area contributed by atoms with Gasteiger partial charge < -0.3 is 4.90 Å². The highest BCUT2D eigenvalue weighted by molar-refractivity contribution is 4.85. The number of rotatable bonds is 6. The molecule has 0 N–H and O–H groups in total. The van der Waals surface area contributed by atoms with Crippen LogP contribution in [0.3, 0.4) is 0 Å². The fourth-order valence-electron chi connectivity index (χ4n) is 2.48. The Labute approximate surface area is 96.2 Å². The van der Waals surface area contributed by atoms with Gasteiger partial charge in [0, 0.05) is 12.1 Å². The van der Waals surface area contributed by atoms with Crippen molar-refractivity contribution in [3.8, 4) is 0 Å². The highest BCUT2D eigenvalue weighted by Gasteiger charge is 2.30. The Morgan fingerprint density at radius 1 is 1.07 bits per heavy atom. The molecule has 1 saturated carbocycles. The van der Waals surface area contributed by atoms with Crippen LogP contribution in [0.4, 0.5) is 0 Å². The van der Waals surface area contributed by atoms with Gasteiger partial charge in [-0.05, 0) is 58.4 Å². The molecule has 1 nitrogen and oxygen atoms in total. The van der Waals surface area contributed by atoms with Gasteiger partial charge in [-0.2, -0.15) is 0 Å². The van der Waals surface area contributed by atoms with E-state index in [4.69, 9.17) is 0 Å². The van der Waals surface area contributed by atoms with E-state index in [9.17, 15) is 0 Å². The Hall–Kier alpha value is -0.0400. The molecule has 1 fully saturated rings. The van der Waals surface area contributed by atoms with Gasteiger partial charge in [-0.3, -0.25) is 0 Å². The smallest absolute Gasteiger partial charge is 0.0123 e. The molecule has 90 valence electrons. The van der Waals surface area contributed by atoms with E-state index in [0.29, 0.717) is 6.04 Å². The second-order valence-corrected chi connectivity index (χ2v) is 5.99. The lowest BCUT2D eigenvalue weighted by Crippen LogP contribution is -2.44. The molecule has 0 aromatic rings. The molecule has 15 heavy (non-hydrogen) atoms. The van der Waals surface area contributed by atoms with Crippen molar-refractivity contribution in [2.45, 2.75) is 71.9 Å². The molecule has 0 aliphatic heterocycles. The first-order valence-corrected chi connectivity index (χ1v) is 6.74. The zero-order chi connectivity index (χ0) is 11.4. The van der Waals surface area contributed by atoms with E-state index in [2.05, 4.69) is 39.6 Å². The summed E-state index contributed by atoms with van der Waals surface area (Å²) in [7, 11) is 2.31. The van der Waals surface area contributed by atoms with E-state index in [1.165, 1.54) is 32.1 Å². The average Bonchev–Trinajstić information content (AvgIpc) is 2.07. The third kappa shape index (κ3) is 3.79. The minimum atomic E-state index is 0.697. The summed E-state index contributed by atoms with van der Waals surface area (Å²) in [6.07, 6.45) is 7.20. The van der Waals surface area contributed by atoms with Crippen LogP contribution in [0, 0.1) is 11.8 Å². The fourth-order valence-corrected chi connectivity index (χ4v) is 2.48. The minimum Gasteiger partial charge on any atom is -0.301 e. The summed E-state index contributed by atoms with van der Waals surface area (Å²) in [5, 5.41) is 0. The van der Waals surface area contributed by atoms with Crippen LogP contribution in [0.2, 0.25) is 0 Å². The van der Waals surface area contributed by atoms with E-state index >= 15 is 0 Å². The lowest BCUT2D eigenvalue weighted by Gasteiger charge is -2.41. The van der Waals surface area contributed by atoms with E-state index < -0.39 is 0 Å². The second kappa shape index (κ2) is 5.89. The number of hydrogen-bond acceptors (Lipinski definition) is 1. The van der Waals surface area contributed by atoms with Gasteiger partial charge in [-0.25, -0.2) is 0 Å². The molecule has 1 aliphatic carbocycles. The molecule has 0 aromatic heterocycles. The van der Waals surface area contributed by atoms with Crippen molar-refractivity contribution in [2.75, 3.05) is 7.05 Å². The fraction of sp³-hybridized carbons (Fsp3) is 1.00. The molecular formula is C14H29N. The van der Waals surface area contributed by atoms with Gasteiger partial charge >= 0.3 is 0 Å². The molecule has 0 radical (unpaired) electrons. The van der Waals surface area contributed by atoms with Crippen molar-refractivity contribution in [2.24, 2.45) is 11.8 Å². The number of hydrogen-bond donors (Lipinski definition) is 0. The van der Waals surface area contributed by atoms with Gasteiger partial charge in [0.2, 0.25) is 0 Å². The van der Waals surface area contributed by atoms with E-state index in [1.54, 1.807) is 0 Å². The lowest BCUT2D eigenvalue weighted by atomic mass is 9.76. The maximum Gasteiger partial charge on any atom is 0.0123 e. The molecule has 1 heteroatoms. The molecule has 0 saturated heterocycles. The monoisotopic (exact) mass is 211 g/mol. The molecule has 1 aliphatic rings. The van der Waals surface area contributed by atoms with Crippen LogP contribution in [0.5, 0.6) is 0 Å². The molecule has 0 unspecified atom stereocenters. The Bertz CT molecular complexity index is 170. The Morgan fingerprint density at radius 2 is 1.67 bits per heavy atom. The van der Waals surface area contributed by atoms with Crippen LogP contribution >= 0.6 is 0 Å². The molecule has 1 atom stereocenters. The molecule has 0 bridgehead atoms. The summed E-state index contributed by atoms with van der Waals surface area (Å²) >= 11 is 0. The highest BCUT2D eigenvalue weighted by atomic mass is 15.2. The molecule has 0 spiro atoms. The minimum absolute atomic E-state index is 0.697. The SMILES string of the molecule is CC(C)CC[C@H](C1CCC1)N(C)C(C)C. The van der Waals surface area contributed by atoms with Crippen LogP contribution in [0.1, 0.15) is 59.8 Å². The van der Waals surface area contributed by atoms with Gasteiger partial charge in [0.1, 0.15) is 0 Å². The van der Waals surface area contributed by atoms with Crippen LogP contribution in [0.25, 0.3) is 0 Å².